The molecular formula is C24H16Cl2FNO3. The van der Waals surface area contributed by atoms with Crippen LogP contribution in [0.1, 0.15) is 16.1 Å². The van der Waals surface area contributed by atoms with E-state index in [9.17, 15) is 14.0 Å². The van der Waals surface area contributed by atoms with E-state index in [0.717, 1.165) is 5.56 Å². The van der Waals surface area contributed by atoms with Crippen molar-refractivity contribution in [3.63, 3.8) is 0 Å². The fourth-order valence-corrected chi connectivity index (χ4v) is 3.94. The molecule has 0 unspecified atom stereocenters. The van der Waals surface area contributed by atoms with Gasteiger partial charge in [-0.2, -0.15) is 0 Å². The molecule has 4 aromatic rings. The molecule has 0 atom stereocenters. The van der Waals surface area contributed by atoms with Gasteiger partial charge in [0.1, 0.15) is 11.5 Å². The molecule has 7 heteroatoms. The zero-order chi connectivity index (χ0) is 22.1. The Morgan fingerprint density at radius 1 is 1.00 bits per heavy atom. The van der Waals surface area contributed by atoms with Crippen LogP contribution in [0.3, 0.4) is 0 Å². The molecule has 0 fully saturated rings. The molecule has 0 spiro atoms. The molecule has 0 aliphatic carbocycles. The van der Waals surface area contributed by atoms with E-state index in [4.69, 9.17) is 27.9 Å². The van der Waals surface area contributed by atoms with Crippen LogP contribution in [0, 0.1) is 5.82 Å². The fraction of sp³-hybridized carbons (Fsp3) is 0.0833. The van der Waals surface area contributed by atoms with Gasteiger partial charge >= 0.3 is 5.97 Å². The number of esters is 1. The number of pyridine rings is 1. The maximum Gasteiger partial charge on any atom is 0.355 e. The van der Waals surface area contributed by atoms with Gasteiger partial charge in [0, 0.05) is 16.0 Å². The molecule has 0 aliphatic rings. The van der Waals surface area contributed by atoms with Gasteiger partial charge in [-0.05, 0) is 46.8 Å². The van der Waals surface area contributed by atoms with Crippen molar-refractivity contribution in [3.05, 3.63) is 104 Å². The summed E-state index contributed by atoms with van der Waals surface area (Å²) in [4.78, 5) is 26.3. The Bertz CT molecular complexity index is 1370. The number of aromatic nitrogens is 1. The summed E-state index contributed by atoms with van der Waals surface area (Å²) in [5, 5.41) is 1.09. The van der Waals surface area contributed by atoms with Crippen molar-refractivity contribution in [2.24, 2.45) is 0 Å². The minimum Gasteiger partial charge on any atom is -0.464 e. The molecule has 4 rings (SSSR count). The molecule has 1 aromatic heterocycles. The maximum atomic E-state index is 13.8. The van der Waals surface area contributed by atoms with Crippen molar-refractivity contribution in [2.45, 2.75) is 6.54 Å². The molecule has 0 amide bonds. The van der Waals surface area contributed by atoms with Crippen LogP contribution in [0.15, 0.2) is 71.5 Å². The summed E-state index contributed by atoms with van der Waals surface area (Å²) in [5.74, 6) is -1.30. The van der Waals surface area contributed by atoms with Crippen molar-refractivity contribution in [3.8, 4) is 11.1 Å². The molecule has 4 nitrogen and oxygen atoms in total. The van der Waals surface area contributed by atoms with E-state index >= 15 is 0 Å². The molecule has 0 radical (unpaired) electrons. The Kier molecular flexibility index (Phi) is 5.81. The first-order valence-electron chi connectivity index (χ1n) is 9.34. The smallest absolute Gasteiger partial charge is 0.355 e. The van der Waals surface area contributed by atoms with E-state index in [2.05, 4.69) is 0 Å². The summed E-state index contributed by atoms with van der Waals surface area (Å²) in [6.45, 7) is 0.143. The zero-order valence-electron chi connectivity index (χ0n) is 16.4. The molecule has 0 saturated heterocycles. The summed E-state index contributed by atoms with van der Waals surface area (Å²) < 4.78 is 20.2. The lowest BCUT2D eigenvalue weighted by molar-refractivity contribution is 0.0588. The molecule has 0 aliphatic heterocycles. The standard InChI is InChI=1S/C24H16Cl2FNO3/c1-31-24(30)22-21(15-7-10-20(27)19(26)11-15)18-12-16(25)8-9-17(18)23(29)28(22)13-14-5-3-2-4-6-14/h2-12H,13H2,1H3. The first-order chi connectivity index (χ1) is 14.9. The largest absolute Gasteiger partial charge is 0.464 e. The van der Waals surface area contributed by atoms with Gasteiger partial charge in [0.25, 0.3) is 5.56 Å². The summed E-state index contributed by atoms with van der Waals surface area (Å²) in [5.41, 5.74) is 1.34. The lowest BCUT2D eigenvalue weighted by Crippen LogP contribution is -2.28. The fourth-order valence-electron chi connectivity index (χ4n) is 3.59. The quantitative estimate of drug-likeness (QED) is 0.357. The lowest BCUT2D eigenvalue weighted by atomic mass is 9.96. The Balaban J connectivity index is 2.15. The van der Waals surface area contributed by atoms with Gasteiger partial charge in [0.2, 0.25) is 0 Å². The number of fused-ring (bicyclic) bond motifs is 1. The van der Waals surface area contributed by atoms with Crippen LogP contribution >= 0.6 is 23.2 Å². The second kappa shape index (κ2) is 8.53. The molecule has 31 heavy (non-hydrogen) atoms. The van der Waals surface area contributed by atoms with Crippen LogP contribution in [-0.4, -0.2) is 17.6 Å². The van der Waals surface area contributed by atoms with Gasteiger partial charge in [-0.15, -0.1) is 0 Å². The van der Waals surface area contributed by atoms with E-state index in [-0.39, 0.29) is 22.8 Å². The number of carbonyl (C=O) groups excluding carboxylic acids is 1. The lowest BCUT2D eigenvalue weighted by Gasteiger charge is -2.19. The number of hydrogen-bond donors (Lipinski definition) is 0. The summed E-state index contributed by atoms with van der Waals surface area (Å²) in [7, 11) is 1.24. The number of benzene rings is 3. The van der Waals surface area contributed by atoms with E-state index in [1.165, 1.54) is 29.9 Å². The zero-order valence-corrected chi connectivity index (χ0v) is 17.9. The number of methoxy groups -OCH3 is 1. The molecule has 1 heterocycles. The average Bonchev–Trinajstić information content (AvgIpc) is 2.77. The van der Waals surface area contributed by atoms with Crippen molar-refractivity contribution in [1.29, 1.82) is 0 Å². The molecule has 0 saturated carbocycles. The van der Waals surface area contributed by atoms with Gasteiger partial charge in [0.15, 0.2) is 0 Å². The van der Waals surface area contributed by atoms with Crippen LogP contribution in [-0.2, 0) is 11.3 Å². The molecular weight excluding hydrogens is 440 g/mol. The third-order valence-corrected chi connectivity index (χ3v) is 5.53. The highest BCUT2D eigenvalue weighted by Crippen LogP contribution is 2.35. The number of carbonyl (C=O) groups is 1. The molecule has 3 aromatic carbocycles. The Hall–Kier alpha value is -3.15. The SMILES string of the molecule is COC(=O)c1c(-c2ccc(F)c(Cl)c2)c2cc(Cl)ccc2c(=O)n1Cc1ccccc1. The van der Waals surface area contributed by atoms with Crippen molar-refractivity contribution < 1.29 is 13.9 Å². The number of nitrogens with zero attached hydrogens (tertiary/aromatic N) is 1. The third kappa shape index (κ3) is 3.94. The predicted molar refractivity (Wildman–Crippen MR) is 121 cm³/mol. The number of ether oxygens (including phenoxy) is 1. The van der Waals surface area contributed by atoms with Crippen LogP contribution in [0.2, 0.25) is 10.0 Å². The summed E-state index contributed by atoms with van der Waals surface area (Å²) in [6.07, 6.45) is 0. The van der Waals surface area contributed by atoms with E-state index in [1.54, 1.807) is 18.2 Å². The summed E-state index contributed by atoms with van der Waals surface area (Å²) in [6, 6.07) is 18.2. The Labute approximate surface area is 187 Å². The topological polar surface area (TPSA) is 48.3 Å². The number of halogens is 3. The van der Waals surface area contributed by atoms with Crippen LogP contribution < -0.4 is 5.56 Å². The van der Waals surface area contributed by atoms with Crippen LogP contribution in [0.25, 0.3) is 21.9 Å². The second-order valence-electron chi connectivity index (χ2n) is 6.91. The third-order valence-electron chi connectivity index (χ3n) is 5.00. The number of rotatable bonds is 4. The maximum absolute atomic E-state index is 13.8. The summed E-state index contributed by atoms with van der Waals surface area (Å²) >= 11 is 12.2. The normalized spacial score (nSPS) is 11.0. The predicted octanol–water partition coefficient (Wildman–Crippen LogP) is 5.95. The van der Waals surface area contributed by atoms with Gasteiger partial charge < -0.3 is 4.74 Å². The first-order valence-corrected chi connectivity index (χ1v) is 10.1. The van der Waals surface area contributed by atoms with Gasteiger partial charge in [-0.1, -0.05) is 59.6 Å². The Morgan fingerprint density at radius 3 is 2.42 bits per heavy atom. The van der Waals surface area contributed by atoms with E-state index in [0.29, 0.717) is 26.9 Å². The van der Waals surface area contributed by atoms with Crippen molar-refractivity contribution in [1.82, 2.24) is 4.57 Å². The highest BCUT2D eigenvalue weighted by Gasteiger charge is 2.25. The molecule has 0 N–H and O–H groups in total. The highest BCUT2D eigenvalue weighted by molar-refractivity contribution is 6.32. The van der Waals surface area contributed by atoms with Crippen LogP contribution in [0.4, 0.5) is 4.39 Å². The minimum atomic E-state index is -0.703. The minimum absolute atomic E-state index is 0.0359. The van der Waals surface area contributed by atoms with E-state index < -0.39 is 11.8 Å². The van der Waals surface area contributed by atoms with Crippen molar-refractivity contribution in [2.75, 3.05) is 7.11 Å². The molecule has 156 valence electrons. The Morgan fingerprint density at radius 2 is 1.74 bits per heavy atom. The highest BCUT2D eigenvalue weighted by atomic mass is 35.5. The number of hydrogen-bond acceptors (Lipinski definition) is 3. The van der Waals surface area contributed by atoms with Crippen molar-refractivity contribution >= 4 is 39.9 Å². The van der Waals surface area contributed by atoms with Gasteiger partial charge in [-0.25, -0.2) is 9.18 Å². The monoisotopic (exact) mass is 455 g/mol. The van der Waals surface area contributed by atoms with Crippen LogP contribution in [0.5, 0.6) is 0 Å². The first kappa shape index (κ1) is 21.1. The van der Waals surface area contributed by atoms with Gasteiger partial charge in [0.05, 0.1) is 18.7 Å². The average molecular weight is 456 g/mol. The molecule has 0 bridgehead atoms. The van der Waals surface area contributed by atoms with Gasteiger partial charge in [-0.3, -0.25) is 9.36 Å². The van der Waals surface area contributed by atoms with E-state index in [1.807, 2.05) is 30.3 Å². The second-order valence-corrected chi connectivity index (χ2v) is 7.75.